The molecule has 1 saturated heterocycles. The molecule has 1 atom stereocenters. The Bertz CT molecular complexity index is 1710. The lowest BCUT2D eigenvalue weighted by Crippen LogP contribution is -2.30. The predicted molar refractivity (Wildman–Crippen MR) is 152 cm³/mol. The van der Waals surface area contributed by atoms with Gasteiger partial charge in [-0.2, -0.15) is 5.10 Å². The van der Waals surface area contributed by atoms with E-state index in [9.17, 15) is 9.59 Å². The Labute approximate surface area is 231 Å². The van der Waals surface area contributed by atoms with E-state index in [0.29, 0.717) is 23.7 Å². The minimum atomic E-state index is -0.267. The summed E-state index contributed by atoms with van der Waals surface area (Å²) in [7, 11) is 1.89. The molecule has 1 amide bonds. The van der Waals surface area contributed by atoms with E-state index in [1.54, 1.807) is 12.4 Å². The highest BCUT2D eigenvalue weighted by molar-refractivity contribution is 5.99. The first kappa shape index (κ1) is 25.5. The minimum Gasteiger partial charge on any atom is -0.494 e. The van der Waals surface area contributed by atoms with Crippen LogP contribution >= 0.6 is 0 Å². The van der Waals surface area contributed by atoms with Gasteiger partial charge in [0.25, 0.3) is 11.5 Å². The van der Waals surface area contributed by atoms with Crippen molar-refractivity contribution in [1.82, 2.24) is 30.0 Å². The molecular weight excluding hydrogens is 506 g/mol. The van der Waals surface area contributed by atoms with E-state index in [1.165, 1.54) is 0 Å². The van der Waals surface area contributed by atoms with Gasteiger partial charge in [-0.1, -0.05) is 0 Å². The molecule has 2 aliphatic rings. The number of amides is 1. The molecule has 1 fully saturated rings. The summed E-state index contributed by atoms with van der Waals surface area (Å²) in [6.45, 7) is 8.42. The number of ether oxygens (including phenoxy) is 1. The first-order valence-corrected chi connectivity index (χ1v) is 13.2. The number of nitrogens with one attached hydrogen (secondary N) is 2. The van der Waals surface area contributed by atoms with Crippen molar-refractivity contribution in [2.24, 2.45) is 7.05 Å². The van der Waals surface area contributed by atoms with Crippen LogP contribution in [0.25, 0.3) is 22.4 Å². The fourth-order valence-electron chi connectivity index (χ4n) is 5.57. The first-order chi connectivity index (χ1) is 19.2. The third kappa shape index (κ3) is 4.45. The zero-order chi connectivity index (χ0) is 28.1. The van der Waals surface area contributed by atoms with Crippen molar-refractivity contribution in [1.29, 1.82) is 0 Å². The summed E-state index contributed by atoms with van der Waals surface area (Å²) >= 11 is 0. The number of anilines is 1. The standard InChI is InChI=1S/C30H31N7O3/c1-16-6-18(3)35-29(39)26(16)13-31-28(38)25-8-20(7-24(19(25)4)27-17(2)10-34-36(27)5)21-11-32-30(33-12-21)37-14-23-9-22(37)15-40-23/h6-8,10-12,14,22H,9,13,15H2,1-5H3,(H,31,38)(H,35,39). The van der Waals surface area contributed by atoms with Crippen molar-refractivity contribution in [2.45, 2.75) is 46.7 Å². The van der Waals surface area contributed by atoms with Crippen LogP contribution in [0.15, 0.2) is 53.5 Å². The van der Waals surface area contributed by atoms with Gasteiger partial charge in [-0.05, 0) is 68.1 Å². The molecule has 3 aromatic heterocycles. The van der Waals surface area contributed by atoms with Crippen LogP contribution in [-0.4, -0.2) is 43.3 Å². The smallest absolute Gasteiger partial charge is 0.253 e. The molecule has 204 valence electrons. The van der Waals surface area contributed by atoms with E-state index in [1.807, 2.05) is 64.0 Å². The summed E-state index contributed by atoms with van der Waals surface area (Å²) in [4.78, 5) is 40.3. The molecule has 10 heteroatoms. The maximum Gasteiger partial charge on any atom is 0.253 e. The van der Waals surface area contributed by atoms with Gasteiger partial charge in [-0.3, -0.25) is 14.3 Å². The second kappa shape index (κ2) is 9.78. The molecule has 4 aromatic rings. The number of fused-ring (bicyclic) bond motifs is 2. The number of pyridine rings is 1. The summed E-state index contributed by atoms with van der Waals surface area (Å²) in [5.74, 6) is 1.32. The number of aryl methyl sites for hydroxylation is 4. The maximum atomic E-state index is 13.6. The number of nitrogens with zero attached hydrogens (tertiary/aromatic N) is 5. The van der Waals surface area contributed by atoms with Gasteiger partial charge in [0.05, 0.1) is 17.9 Å². The average molecular weight is 538 g/mol. The average Bonchev–Trinajstić information content (AvgIpc) is 3.65. The summed E-state index contributed by atoms with van der Waals surface area (Å²) < 4.78 is 7.39. The van der Waals surface area contributed by atoms with E-state index in [-0.39, 0.29) is 24.1 Å². The number of hydrogen-bond acceptors (Lipinski definition) is 7. The largest absolute Gasteiger partial charge is 0.494 e. The normalized spacial score (nSPS) is 15.8. The van der Waals surface area contributed by atoms with Crippen LogP contribution in [0.2, 0.25) is 0 Å². The molecule has 10 nitrogen and oxygen atoms in total. The van der Waals surface area contributed by atoms with Crippen molar-refractivity contribution >= 4 is 11.9 Å². The molecule has 6 rings (SSSR count). The Morgan fingerprint density at radius 1 is 1.07 bits per heavy atom. The molecule has 5 heterocycles. The van der Waals surface area contributed by atoms with Gasteiger partial charge in [0.1, 0.15) is 12.4 Å². The summed E-state index contributed by atoms with van der Waals surface area (Å²) in [6, 6.07) is 6.05. The molecule has 0 spiro atoms. The van der Waals surface area contributed by atoms with E-state index >= 15 is 0 Å². The van der Waals surface area contributed by atoms with E-state index in [0.717, 1.165) is 56.9 Å². The number of aromatic amines is 1. The Kier molecular flexibility index (Phi) is 6.25. The monoisotopic (exact) mass is 537 g/mol. The van der Waals surface area contributed by atoms with E-state index in [4.69, 9.17) is 4.74 Å². The Morgan fingerprint density at radius 3 is 2.48 bits per heavy atom. The van der Waals surface area contributed by atoms with Crippen LogP contribution in [0.1, 0.15) is 44.7 Å². The molecule has 0 saturated carbocycles. The number of rotatable bonds is 6. The second-order valence-corrected chi connectivity index (χ2v) is 10.6. The molecule has 40 heavy (non-hydrogen) atoms. The quantitative estimate of drug-likeness (QED) is 0.384. The number of aromatic nitrogens is 5. The Hall–Kier alpha value is -4.73. The number of carbonyl (C=O) groups is 1. The maximum absolute atomic E-state index is 13.6. The van der Waals surface area contributed by atoms with Crippen LogP contribution < -0.4 is 15.8 Å². The first-order valence-electron chi connectivity index (χ1n) is 13.2. The fraction of sp³-hybridized carbons (Fsp3) is 0.300. The van der Waals surface area contributed by atoms with Gasteiger partial charge in [-0.25, -0.2) is 9.97 Å². The molecule has 2 N–H and O–H groups in total. The van der Waals surface area contributed by atoms with E-state index in [2.05, 4.69) is 36.3 Å². The van der Waals surface area contributed by atoms with Crippen LogP contribution in [0.3, 0.4) is 0 Å². The molecule has 1 aromatic carbocycles. The summed E-state index contributed by atoms with van der Waals surface area (Å²) in [6.07, 6.45) is 8.22. The number of benzene rings is 1. The second-order valence-electron chi connectivity index (χ2n) is 10.6. The van der Waals surface area contributed by atoms with Gasteiger partial charge in [0, 0.05) is 66.6 Å². The molecule has 0 radical (unpaired) electrons. The number of hydrogen-bond donors (Lipinski definition) is 2. The topological polar surface area (TPSA) is 118 Å². The number of H-pyrrole nitrogens is 1. The fourth-order valence-corrected chi connectivity index (χ4v) is 5.57. The molecule has 2 bridgehead atoms. The highest BCUT2D eigenvalue weighted by atomic mass is 16.5. The Morgan fingerprint density at radius 2 is 1.85 bits per heavy atom. The van der Waals surface area contributed by atoms with Crippen molar-refractivity contribution in [3.63, 3.8) is 0 Å². The minimum absolute atomic E-state index is 0.123. The zero-order valence-corrected chi connectivity index (χ0v) is 23.2. The van der Waals surface area contributed by atoms with Gasteiger partial charge in [0.15, 0.2) is 0 Å². The van der Waals surface area contributed by atoms with Crippen molar-refractivity contribution in [3.8, 4) is 22.4 Å². The lowest BCUT2D eigenvalue weighted by Gasteiger charge is -2.22. The van der Waals surface area contributed by atoms with Crippen molar-refractivity contribution < 1.29 is 9.53 Å². The third-order valence-electron chi connectivity index (χ3n) is 7.73. The summed E-state index contributed by atoms with van der Waals surface area (Å²) in [5, 5.41) is 7.38. The van der Waals surface area contributed by atoms with Crippen LogP contribution in [-0.2, 0) is 18.3 Å². The third-order valence-corrected chi connectivity index (χ3v) is 7.73. The SMILES string of the molecule is Cc1cc(C)c(CNC(=O)c2cc(-c3cnc(N4C=C5CC4CO5)nc3)cc(-c3c(C)cnn3C)c2C)c(=O)[nH]1. The lowest BCUT2D eigenvalue weighted by atomic mass is 9.92. The van der Waals surface area contributed by atoms with Crippen LogP contribution in [0.5, 0.6) is 0 Å². The molecule has 2 aliphatic heterocycles. The summed E-state index contributed by atoms with van der Waals surface area (Å²) in [5.41, 5.74) is 7.72. The van der Waals surface area contributed by atoms with E-state index < -0.39 is 0 Å². The zero-order valence-electron chi connectivity index (χ0n) is 23.2. The van der Waals surface area contributed by atoms with Crippen molar-refractivity contribution in [3.05, 3.63) is 92.6 Å². The molecule has 0 aliphatic carbocycles. The number of carbonyl (C=O) groups excluding carboxylic acids is 1. The predicted octanol–water partition coefficient (Wildman–Crippen LogP) is 3.85. The highest BCUT2D eigenvalue weighted by Crippen LogP contribution is 2.35. The van der Waals surface area contributed by atoms with Gasteiger partial charge in [-0.15, -0.1) is 0 Å². The van der Waals surface area contributed by atoms with Gasteiger partial charge < -0.3 is 19.9 Å². The Balaban J connectivity index is 1.37. The van der Waals surface area contributed by atoms with Crippen LogP contribution in [0, 0.1) is 27.7 Å². The lowest BCUT2D eigenvalue weighted by molar-refractivity contribution is 0.0950. The van der Waals surface area contributed by atoms with Gasteiger partial charge in [0.2, 0.25) is 5.95 Å². The molecular formula is C30H31N7O3. The highest BCUT2D eigenvalue weighted by Gasteiger charge is 2.34. The van der Waals surface area contributed by atoms with Crippen LogP contribution in [0.4, 0.5) is 5.95 Å². The van der Waals surface area contributed by atoms with Gasteiger partial charge >= 0.3 is 0 Å². The van der Waals surface area contributed by atoms with Crippen molar-refractivity contribution in [2.75, 3.05) is 11.5 Å². The molecule has 1 unspecified atom stereocenters.